The average molecular weight is 647 g/mol. The van der Waals surface area contributed by atoms with Crippen molar-refractivity contribution in [2.45, 2.75) is 170 Å². The maximum absolute atomic E-state index is 2.64. The quantitative estimate of drug-likeness (QED) is 0.190. The third-order valence-electron chi connectivity index (χ3n) is 8.30. The summed E-state index contributed by atoms with van der Waals surface area (Å²) >= 11 is 0. The Balaban J connectivity index is 3.45. The lowest BCUT2D eigenvalue weighted by atomic mass is 10.0. The SMILES string of the molecule is Cc1cc(P(C(C)C)C(C)C)c(-c2c(P(C(C)C)C(C)C)cc(C)cc2P(C(C)C)C(C)C)c(P(C(C)C)C(C)C)c1. The molecule has 0 amide bonds. The van der Waals surface area contributed by atoms with Crippen LogP contribution in [0.4, 0.5) is 0 Å². The number of aryl methyl sites for hydroxylation is 2. The van der Waals surface area contributed by atoms with E-state index >= 15 is 0 Å². The smallest absolute Gasteiger partial charge is 0.00165 e. The summed E-state index contributed by atoms with van der Waals surface area (Å²) in [4.78, 5) is 0. The van der Waals surface area contributed by atoms with Gasteiger partial charge in [-0.3, -0.25) is 0 Å². The average Bonchev–Trinajstić information content (AvgIpc) is 2.78. The zero-order chi connectivity index (χ0) is 32.4. The van der Waals surface area contributed by atoms with Gasteiger partial charge in [0.2, 0.25) is 0 Å². The fraction of sp³-hybridized carbons (Fsp3) is 0.684. The van der Waals surface area contributed by atoms with Crippen molar-refractivity contribution in [1.82, 2.24) is 0 Å². The first-order valence-electron chi connectivity index (χ1n) is 16.8. The van der Waals surface area contributed by atoms with Crippen molar-refractivity contribution in [2.24, 2.45) is 0 Å². The zero-order valence-electron chi connectivity index (χ0n) is 30.7. The van der Waals surface area contributed by atoms with E-state index in [4.69, 9.17) is 0 Å². The van der Waals surface area contributed by atoms with E-state index < -0.39 is 0 Å². The Morgan fingerprint density at radius 1 is 0.310 bits per heavy atom. The predicted octanol–water partition coefficient (Wildman–Crippen LogP) is 11.7. The summed E-state index contributed by atoms with van der Waals surface area (Å²) in [6.07, 6.45) is 0. The Morgan fingerprint density at radius 3 is 0.571 bits per heavy atom. The van der Waals surface area contributed by atoms with Gasteiger partial charge in [-0.15, -0.1) is 0 Å². The summed E-state index contributed by atoms with van der Waals surface area (Å²) < 4.78 is 0. The molecule has 0 fully saturated rings. The molecule has 42 heavy (non-hydrogen) atoms. The van der Waals surface area contributed by atoms with E-state index in [9.17, 15) is 0 Å². The van der Waals surface area contributed by atoms with E-state index in [2.05, 4.69) is 149 Å². The van der Waals surface area contributed by atoms with Crippen LogP contribution >= 0.6 is 31.7 Å². The van der Waals surface area contributed by atoms with E-state index in [1.165, 1.54) is 11.1 Å². The summed E-state index contributed by atoms with van der Waals surface area (Å²) in [5, 5.41) is 6.82. The second-order valence-electron chi connectivity index (χ2n) is 14.7. The van der Waals surface area contributed by atoms with Crippen molar-refractivity contribution < 1.29 is 0 Å². The molecule has 0 nitrogen and oxygen atoms in total. The molecular formula is C38H66P4. The van der Waals surface area contributed by atoms with Gasteiger partial charge in [0.1, 0.15) is 0 Å². The molecule has 0 aliphatic heterocycles. The van der Waals surface area contributed by atoms with Crippen LogP contribution in [-0.2, 0) is 0 Å². The van der Waals surface area contributed by atoms with Gasteiger partial charge in [0, 0.05) is 0 Å². The first-order chi connectivity index (χ1) is 19.3. The number of hydrogen-bond donors (Lipinski definition) is 0. The van der Waals surface area contributed by atoms with Crippen molar-refractivity contribution >= 4 is 52.9 Å². The van der Waals surface area contributed by atoms with Crippen LogP contribution in [0.2, 0.25) is 0 Å². The lowest BCUT2D eigenvalue weighted by molar-refractivity contribution is 1.02. The first kappa shape index (κ1) is 38.3. The van der Waals surface area contributed by atoms with E-state index in [1.807, 2.05) is 0 Å². The van der Waals surface area contributed by atoms with Crippen LogP contribution < -0.4 is 21.2 Å². The normalized spacial score (nSPS) is 13.2. The van der Waals surface area contributed by atoms with Crippen LogP contribution in [-0.4, -0.2) is 45.3 Å². The molecule has 0 saturated carbocycles. The molecule has 0 aromatic heterocycles. The zero-order valence-corrected chi connectivity index (χ0v) is 34.3. The molecule has 4 heteroatoms. The standard InChI is InChI=1S/C38H66P4/c1-23(2)39(24(3)4)33-19-31(17)20-34(40(25(5)6)26(7)8)37(33)38-35(41(27(9)10)28(11)12)21-32(18)22-36(38)42(29(13)14)30(15)16/h19-30H,1-18H3. The highest BCUT2D eigenvalue weighted by atomic mass is 31.1. The van der Waals surface area contributed by atoms with Crippen LogP contribution in [0.15, 0.2) is 24.3 Å². The topological polar surface area (TPSA) is 0 Å². The summed E-state index contributed by atoms with van der Waals surface area (Å²) in [5.74, 6) is 0. The van der Waals surface area contributed by atoms with Gasteiger partial charge >= 0.3 is 0 Å². The van der Waals surface area contributed by atoms with Gasteiger partial charge in [-0.1, -0.05) is 167 Å². The van der Waals surface area contributed by atoms with Gasteiger partial charge in [-0.2, -0.15) is 0 Å². The third kappa shape index (κ3) is 8.69. The lowest BCUT2D eigenvalue weighted by Crippen LogP contribution is -2.33. The Kier molecular flexibility index (Phi) is 14.7. The van der Waals surface area contributed by atoms with Crippen molar-refractivity contribution in [3.63, 3.8) is 0 Å². The molecule has 0 radical (unpaired) electrons. The van der Waals surface area contributed by atoms with E-state index in [-0.39, 0.29) is 31.7 Å². The fourth-order valence-electron chi connectivity index (χ4n) is 7.43. The number of benzene rings is 2. The van der Waals surface area contributed by atoms with Gasteiger partial charge in [-0.05, 0) is 103 Å². The Hall–Kier alpha value is 0.160. The molecule has 0 unspecified atom stereocenters. The minimum atomic E-state index is -0.321. The van der Waals surface area contributed by atoms with Crippen molar-refractivity contribution in [2.75, 3.05) is 0 Å². The van der Waals surface area contributed by atoms with E-state index in [0.717, 1.165) is 0 Å². The summed E-state index contributed by atoms with van der Waals surface area (Å²) in [5.41, 5.74) is 11.6. The maximum Gasteiger partial charge on any atom is -0.00165 e. The molecule has 2 aromatic carbocycles. The van der Waals surface area contributed by atoms with E-state index in [0.29, 0.717) is 45.3 Å². The predicted molar refractivity (Wildman–Crippen MR) is 209 cm³/mol. The molecule has 0 heterocycles. The molecule has 0 N–H and O–H groups in total. The summed E-state index contributed by atoms with van der Waals surface area (Å²) in [7, 11) is -1.29. The maximum atomic E-state index is 2.64. The van der Waals surface area contributed by atoms with Gasteiger partial charge in [-0.25, -0.2) is 0 Å². The first-order valence-corrected chi connectivity index (χ1v) is 22.7. The van der Waals surface area contributed by atoms with E-state index in [1.54, 1.807) is 32.3 Å². The fourth-order valence-corrected chi connectivity index (χ4v) is 20.2. The number of hydrogen-bond acceptors (Lipinski definition) is 0. The monoisotopic (exact) mass is 646 g/mol. The van der Waals surface area contributed by atoms with Crippen molar-refractivity contribution in [3.8, 4) is 11.1 Å². The second-order valence-corrected chi connectivity index (χ2v) is 28.2. The second kappa shape index (κ2) is 16.1. The summed E-state index contributed by atoms with van der Waals surface area (Å²) in [6, 6.07) is 10.6. The van der Waals surface area contributed by atoms with Gasteiger partial charge in [0.25, 0.3) is 0 Å². The summed E-state index contributed by atoms with van der Waals surface area (Å²) in [6.45, 7) is 44.6. The Bertz CT molecular complexity index is 950. The highest BCUT2D eigenvalue weighted by molar-refractivity contribution is 7.70. The molecule has 2 rings (SSSR count). The third-order valence-corrected chi connectivity index (χ3v) is 20.8. The van der Waals surface area contributed by atoms with Gasteiger partial charge < -0.3 is 0 Å². The molecule has 0 aliphatic rings. The largest absolute Gasteiger partial charge is 0.0694 e. The minimum absolute atomic E-state index is 0.321. The Labute approximate surface area is 268 Å². The molecule has 0 saturated heterocycles. The highest BCUT2D eigenvalue weighted by Crippen LogP contribution is 2.56. The van der Waals surface area contributed by atoms with Crippen molar-refractivity contribution in [1.29, 1.82) is 0 Å². The number of rotatable bonds is 13. The molecule has 238 valence electrons. The molecule has 0 atom stereocenters. The highest BCUT2D eigenvalue weighted by Gasteiger charge is 2.35. The molecular weight excluding hydrogens is 580 g/mol. The van der Waals surface area contributed by atoms with Crippen LogP contribution in [0.1, 0.15) is 122 Å². The molecule has 0 aliphatic carbocycles. The van der Waals surface area contributed by atoms with Gasteiger partial charge in [0.15, 0.2) is 0 Å². The van der Waals surface area contributed by atoms with Gasteiger partial charge in [0.05, 0.1) is 0 Å². The molecule has 0 spiro atoms. The minimum Gasteiger partial charge on any atom is -0.0694 e. The van der Waals surface area contributed by atoms with Crippen molar-refractivity contribution in [3.05, 3.63) is 35.4 Å². The lowest BCUT2D eigenvalue weighted by Gasteiger charge is -2.39. The van der Waals surface area contributed by atoms with Crippen LogP contribution in [0.5, 0.6) is 0 Å². The van der Waals surface area contributed by atoms with Crippen LogP contribution in [0.3, 0.4) is 0 Å². The molecule has 0 bridgehead atoms. The van der Waals surface area contributed by atoms with Crippen LogP contribution in [0, 0.1) is 13.8 Å². The molecule has 2 aromatic rings. The van der Waals surface area contributed by atoms with Crippen LogP contribution in [0.25, 0.3) is 11.1 Å². The Morgan fingerprint density at radius 2 is 0.452 bits per heavy atom.